The summed E-state index contributed by atoms with van der Waals surface area (Å²) in [6, 6.07) is 8.33. The fraction of sp³-hybridized carbons (Fsp3) is 0.0909. The van der Waals surface area contributed by atoms with Crippen LogP contribution in [0.15, 0.2) is 30.3 Å². The zero-order valence-electron chi connectivity index (χ0n) is 8.53. The molecule has 0 spiro atoms. The van der Waals surface area contributed by atoms with Gasteiger partial charge in [0, 0.05) is 16.1 Å². The second-order valence-electron chi connectivity index (χ2n) is 3.20. The molecular formula is C11H7Cl3N2O. The van der Waals surface area contributed by atoms with Gasteiger partial charge in [-0.05, 0) is 24.3 Å². The highest BCUT2D eigenvalue weighted by atomic mass is 35.5. The maximum absolute atomic E-state index is 5.85. The van der Waals surface area contributed by atoms with Crippen LogP contribution in [-0.2, 0) is 5.88 Å². The molecule has 17 heavy (non-hydrogen) atoms. The van der Waals surface area contributed by atoms with Crippen molar-refractivity contribution in [3.8, 4) is 11.6 Å². The number of nitrogens with zero attached hydrogens (tertiary/aromatic N) is 2. The zero-order valence-corrected chi connectivity index (χ0v) is 10.8. The van der Waals surface area contributed by atoms with Crippen LogP contribution < -0.4 is 4.74 Å². The molecule has 0 aliphatic heterocycles. The number of aromatic nitrogens is 2. The predicted octanol–water partition coefficient (Wildman–Crippen LogP) is 4.31. The largest absolute Gasteiger partial charge is 0.437 e. The third-order valence-electron chi connectivity index (χ3n) is 1.89. The van der Waals surface area contributed by atoms with Gasteiger partial charge < -0.3 is 4.74 Å². The molecule has 3 nitrogen and oxygen atoms in total. The van der Waals surface area contributed by atoms with Crippen molar-refractivity contribution >= 4 is 34.8 Å². The van der Waals surface area contributed by atoms with Crippen molar-refractivity contribution in [2.75, 3.05) is 0 Å². The van der Waals surface area contributed by atoms with Crippen molar-refractivity contribution in [1.82, 2.24) is 10.2 Å². The van der Waals surface area contributed by atoms with Gasteiger partial charge in [-0.3, -0.25) is 0 Å². The molecular weight excluding hydrogens is 282 g/mol. The number of hydrogen-bond donors (Lipinski definition) is 0. The summed E-state index contributed by atoms with van der Waals surface area (Å²) in [5, 5.41) is 8.72. The summed E-state index contributed by atoms with van der Waals surface area (Å²) in [7, 11) is 0. The summed E-state index contributed by atoms with van der Waals surface area (Å²) in [6.07, 6.45) is 0. The highest BCUT2D eigenvalue weighted by Crippen LogP contribution is 2.27. The van der Waals surface area contributed by atoms with Crippen LogP contribution in [0.25, 0.3) is 0 Å². The Bertz CT molecular complexity index is 496. The predicted molar refractivity (Wildman–Crippen MR) is 68.1 cm³/mol. The molecule has 2 rings (SSSR count). The van der Waals surface area contributed by atoms with E-state index in [-0.39, 0.29) is 0 Å². The zero-order chi connectivity index (χ0) is 12.3. The second kappa shape index (κ2) is 5.54. The topological polar surface area (TPSA) is 35.0 Å². The van der Waals surface area contributed by atoms with E-state index in [1.165, 1.54) is 0 Å². The van der Waals surface area contributed by atoms with Gasteiger partial charge in [0.25, 0.3) is 0 Å². The molecule has 1 aromatic heterocycles. The second-order valence-corrected chi connectivity index (χ2v) is 4.34. The average Bonchev–Trinajstić information content (AvgIpc) is 2.28. The highest BCUT2D eigenvalue weighted by Gasteiger charge is 2.03. The summed E-state index contributed by atoms with van der Waals surface area (Å²) in [5.41, 5.74) is 0.683. The Kier molecular flexibility index (Phi) is 4.05. The lowest BCUT2D eigenvalue weighted by Gasteiger charge is -2.05. The molecule has 0 fully saturated rings. The van der Waals surface area contributed by atoms with Crippen molar-refractivity contribution in [3.05, 3.63) is 46.1 Å². The first-order valence-electron chi connectivity index (χ1n) is 4.70. The first kappa shape index (κ1) is 12.4. The molecule has 2 aromatic rings. The highest BCUT2D eigenvalue weighted by molar-refractivity contribution is 6.34. The number of rotatable bonds is 3. The van der Waals surface area contributed by atoms with Gasteiger partial charge in [-0.25, -0.2) is 0 Å². The molecule has 1 heterocycles. The molecule has 0 saturated carbocycles. The fourth-order valence-electron chi connectivity index (χ4n) is 1.18. The van der Waals surface area contributed by atoms with E-state index in [1.807, 2.05) is 0 Å². The number of benzene rings is 1. The number of halogens is 3. The van der Waals surface area contributed by atoms with Crippen LogP contribution >= 0.6 is 34.8 Å². The van der Waals surface area contributed by atoms with Crippen LogP contribution in [0, 0.1) is 0 Å². The molecule has 0 atom stereocenters. The molecule has 0 N–H and O–H groups in total. The first-order valence-corrected chi connectivity index (χ1v) is 5.99. The van der Waals surface area contributed by atoms with Crippen LogP contribution in [0.5, 0.6) is 11.6 Å². The lowest BCUT2D eigenvalue weighted by molar-refractivity contribution is 0.454. The third kappa shape index (κ3) is 3.46. The van der Waals surface area contributed by atoms with E-state index >= 15 is 0 Å². The van der Waals surface area contributed by atoms with Gasteiger partial charge in [-0.2, -0.15) is 5.10 Å². The Balaban J connectivity index is 2.19. The van der Waals surface area contributed by atoms with Gasteiger partial charge in [0.2, 0.25) is 5.88 Å². The lowest BCUT2D eigenvalue weighted by atomic mass is 10.3. The Hall–Kier alpha value is -1.03. The standard InChI is InChI=1S/C11H7Cl3N2O/c12-6-9-1-2-11(16-15-9)17-10-4-7(13)3-8(14)5-10/h1-5H,6H2. The van der Waals surface area contributed by atoms with Crippen LogP contribution in [0.1, 0.15) is 5.69 Å². The summed E-state index contributed by atoms with van der Waals surface area (Å²) in [5.74, 6) is 1.18. The quantitative estimate of drug-likeness (QED) is 0.790. The fourth-order valence-corrected chi connectivity index (χ4v) is 1.83. The maximum Gasteiger partial charge on any atom is 0.238 e. The Labute approximate surface area is 113 Å². The Morgan fingerprint density at radius 2 is 1.71 bits per heavy atom. The summed E-state index contributed by atoms with van der Waals surface area (Å²) in [4.78, 5) is 0. The molecule has 88 valence electrons. The smallest absolute Gasteiger partial charge is 0.238 e. The van der Waals surface area contributed by atoms with Gasteiger partial charge in [0.05, 0.1) is 11.6 Å². The van der Waals surface area contributed by atoms with E-state index in [2.05, 4.69) is 10.2 Å². The summed E-state index contributed by atoms with van der Waals surface area (Å²) < 4.78 is 5.45. The minimum atomic E-state index is 0.316. The van der Waals surface area contributed by atoms with Crippen molar-refractivity contribution < 1.29 is 4.74 Å². The van der Waals surface area contributed by atoms with Gasteiger partial charge >= 0.3 is 0 Å². The van der Waals surface area contributed by atoms with E-state index in [0.717, 1.165) is 0 Å². The molecule has 6 heteroatoms. The monoisotopic (exact) mass is 288 g/mol. The van der Waals surface area contributed by atoms with Gasteiger partial charge in [-0.15, -0.1) is 16.7 Å². The normalized spacial score (nSPS) is 10.3. The summed E-state index contributed by atoms with van der Waals surface area (Å²) >= 11 is 17.3. The lowest BCUT2D eigenvalue weighted by Crippen LogP contribution is -1.93. The third-order valence-corrected chi connectivity index (χ3v) is 2.60. The van der Waals surface area contributed by atoms with E-state index in [9.17, 15) is 0 Å². The van der Waals surface area contributed by atoms with Gasteiger partial charge in [-0.1, -0.05) is 23.2 Å². The van der Waals surface area contributed by atoms with Crippen molar-refractivity contribution in [3.63, 3.8) is 0 Å². The number of alkyl halides is 1. The van der Waals surface area contributed by atoms with Crippen LogP contribution in [0.2, 0.25) is 10.0 Å². The number of hydrogen-bond acceptors (Lipinski definition) is 3. The van der Waals surface area contributed by atoms with E-state index in [1.54, 1.807) is 30.3 Å². The van der Waals surface area contributed by atoms with Crippen LogP contribution in [0.3, 0.4) is 0 Å². The SMILES string of the molecule is ClCc1ccc(Oc2cc(Cl)cc(Cl)c2)nn1. The molecule has 0 aliphatic carbocycles. The molecule has 0 radical (unpaired) electrons. The van der Waals surface area contributed by atoms with Crippen molar-refractivity contribution in [2.24, 2.45) is 0 Å². The molecule has 0 aliphatic rings. The minimum absolute atomic E-state index is 0.316. The van der Waals surface area contributed by atoms with Gasteiger partial charge in [0.15, 0.2) is 0 Å². The van der Waals surface area contributed by atoms with Crippen LogP contribution in [-0.4, -0.2) is 10.2 Å². The molecule has 0 saturated heterocycles. The number of ether oxygens (including phenoxy) is 1. The first-order chi connectivity index (χ1) is 8.17. The minimum Gasteiger partial charge on any atom is -0.437 e. The van der Waals surface area contributed by atoms with Crippen molar-refractivity contribution in [2.45, 2.75) is 5.88 Å². The Morgan fingerprint density at radius 3 is 2.24 bits per heavy atom. The van der Waals surface area contributed by atoms with E-state index in [4.69, 9.17) is 39.5 Å². The Morgan fingerprint density at radius 1 is 1.00 bits per heavy atom. The summed E-state index contributed by atoms with van der Waals surface area (Å²) in [6.45, 7) is 0. The van der Waals surface area contributed by atoms with Gasteiger partial charge in [0.1, 0.15) is 5.75 Å². The molecule has 1 aromatic carbocycles. The van der Waals surface area contributed by atoms with E-state index in [0.29, 0.717) is 33.2 Å². The van der Waals surface area contributed by atoms with Crippen molar-refractivity contribution in [1.29, 1.82) is 0 Å². The molecule has 0 bridgehead atoms. The maximum atomic E-state index is 5.85. The molecule has 0 unspecified atom stereocenters. The average molecular weight is 290 g/mol. The molecule has 0 amide bonds. The van der Waals surface area contributed by atoms with E-state index < -0.39 is 0 Å². The van der Waals surface area contributed by atoms with Crippen LogP contribution in [0.4, 0.5) is 0 Å².